The number of hydrogen-bond acceptors (Lipinski definition) is 5. The fourth-order valence-electron chi connectivity index (χ4n) is 5.21. The molecule has 8 heteroatoms. The number of aliphatic hydroxyl groups is 1. The molecular weight excluding hydrogens is 414 g/mol. The monoisotopic (exact) mass is 441 g/mol. The summed E-state index contributed by atoms with van der Waals surface area (Å²) in [7, 11) is 0. The van der Waals surface area contributed by atoms with Crippen molar-refractivity contribution in [3.8, 4) is 5.69 Å². The largest absolute Gasteiger partial charge is 0.389 e. The van der Waals surface area contributed by atoms with Crippen molar-refractivity contribution in [1.29, 1.82) is 0 Å². The van der Waals surface area contributed by atoms with Crippen molar-refractivity contribution in [1.82, 2.24) is 24.5 Å². The Morgan fingerprint density at radius 1 is 1.13 bits per heavy atom. The molecule has 0 bridgehead atoms. The van der Waals surface area contributed by atoms with Crippen molar-refractivity contribution >= 4 is 22.5 Å². The Labute approximate surface area is 186 Å². The molecule has 0 spiro atoms. The Bertz CT molecular complexity index is 1110. The molecule has 1 aliphatic carbocycles. The molecular formula is C23H28ClN5O2. The summed E-state index contributed by atoms with van der Waals surface area (Å²) in [6.07, 6.45) is 9.89. The number of rotatable bonds is 4. The van der Waals surface area contributed by atoms with E-state index in [2.05, 4.69) is 39.0 Å². The van der Waals surface area contributed by atoms with Gasteiger partial charge < -0.3 is 9.84 Å². The van der Waals surface area contributed by atoms with E-state index < -0.39 is 6.10 Å². The number of halogens is 1. The second-order valence-corrected chi connectivity index (χ2v) is 9.96. The maximum Gasteiger partial charge on any atom is 0.103 e. The third-order valence-corrected chi connectivity index (χ3v) is 7.81. The number of likely N-dealkylation sites (tertiary alicyclic amines) is 1. The molecule has 2 saturated heterocycles. The molecule has 0 amide bonds. The quantitative estimate of drug-likeness (QED) is 0.670. The van der Waals surface area contributed by atoms with Crippen LogP contribution in [0.2, 0.25) is 5.02 Å². The SMILES string of the molecule is C[C@]1(N2CCC(c3cc4c(cnn4-c4cnn(C5CC5)c4)cc3Cl)CC2)COC[C@@H]1O. The summed E-state index contributed by atoms with van der Waals surface area (Å²) in [6.45, 7) is 5.01. The minimum absolute atomic E-state index is 0.279. The highest BCUT2D eigenvalue weighted by Crippen LogP contribution is 2.39. The van der Waals surface area contributed by atoms with Gasteiger partial charge in [0.1, 0.15) is 5.69 Å². The van der Waals surface area contributed by atoms with Crippen molar-refractivity contribution in [2.45, 2.75) is 56.2 Å². The van der Waals surface area contributed by atoms with Crippen LogP contribution in [0.5, 0.6) is 0 Å². The molecule has 1 N–H and O–H groups in total. The number of nitrogens with zero attached hydrogens (tertiary/aromatic N) is 5. The van der Waals surface area contributed by atoms with Gasteiger partial charge in [-0.1, -0.05) is 11.6 Å². The average molecular weight is 442 g/mol. The summed E-state index contributed by atoms with van der Waals surface area (Å²) in [5, 5.41) is 21.4. The summed E-state index contributed by atoms with van der Waals surface area (Å²) >= 11 is 6.73. The molecule has 2 aromatic heterocycles. The minimum Gasteiger partial charge on any atom is -0.389 e. The first-order valence-corrected chi connectivity index (χ1v) is 11.6. The highest BCUT2D eigenvalue weighted by atomic mass is 35.5. The van der Waals surface area contributed by atoms with E-state index in [1.807, 2.05) is 23.1 Å². The van der Waals surface area contributed by atoms with Crippen molar-refractivity contribution in [3.05, 3.63) is 41.3 Å². The predicted molar refractivity (Wildman–Crippen MR) is 119 cm³/mol. The van der Waals surface area contributed by atoms with Crippen LogP contribution in [0.1, 0.15) is 50.1 Å². The van der Waals surface area contributed by atoms with E-state index in [9.17, 15) is 5.11 Å². The van der Waals surface area contributed by atoms with E-state index in [1.54, 1.807) is 0 Å². The first-order valence-electron chi connectivity index (χ1n) is 11.3. The number of benzene rings is 1. The van der Waals surface area contributed by atoms with Crippen LogP contribution in [-0.4, -0.2) is 67.5 Å². The first-order chi connectivity index (χ1) is 15.0. The zero-order valence-electron chi connectivity index (χ0n) is 17.7. The zero-order valence-corrected chi connectivity index (χ0v) is 18.5. The summed E-state index contributed by atoms with van der Waals surface area (Å²) in [5.41, 5.74) is 2.98. The molecule has 2 atom stereocenters. The Morgan fingerprint density at radius 3 is 2.65 bits per heavy atom. The lowest BCUT2D eigenvalue weighted by Gasteiger charge is -2.43. The van der Waals surface area contributed by atoms with Gasteiger partial charge in [-0.25, -0.2) is 4.68 Å². The molecule has 0 radical (unpaired) electrons. The highest BCUT2D eigenvalue weighted by Gasteiger charge is 2.45. The molecule has 1 aromatic carbocycles. The Hall–Kier alpha value is -1.93. The highest BCUT2D eigenvalue weighted by molar-refractivity contribution is 6.32. The van der Waals surface area contributed by atoms with Crippen LogP contribution in [0.25, 0.3) is 16.6 Å². The van der Waals surface area contributed by atoms with Crippen LogP contribution >= 0.6 is 11.6 Å². The van der Waals surface area contributed by atoms with Gasteiger partial charge in [0.2, 0.25) is 0 Å². The lowest BCUT2D eigenvalue weighted by atomic mass is 9.85. The van der Waals surface area contributed by atoms with Crippen LogP contribution in [0.4, 0.5) is 0 Å². The van der Waals surface area contributed by atoms with Gasteiger partial charge in [0, 0.05) is 10.4 Å². The smallest absolute Gasteiger partial charge is 0.103 e. The van der Waals surface area contributed by atoms with E-state index in [0.29, 0.717) is 25.2 Å². The maximum atomic E-state index is 10.4. The fourth-order valence-corrected chi connectivity index (χ4v) is 5.54. The van der Waals surface area contributed by atoms with Gasteiger partial charge in [0.05, 0.1) is 55.0 Å². The fraction of sp³-hybridized carbons (Fsp3) is 0.565. The van der Waals surface area contributed by atoms with Crippen molar-refractivity contribution in [3.63, 3.8) is 0 Å². The van der Waals surface area contributed by atoms with E-state index in [-0.39, 0.29) is 5.54 Å². The molecule has 3 fully saturated rings. The summed E-state index contributed by atoms with van der Waals surface area (Å²) < 4.78 is 9.57. The molecule has 2 aliphatic heterocycles. The van der Waals surface area contributed by atoms with Crippen molar-refractivity contribution < 1.29 is 9.84 Å². The third kappa shape index (κ3) is 3.30. The normalized spacial score (nSPS) is 28.0. The zero-order chi connectivity index (χ0) is 21.2. The number of aromatic nitrogens is 4. The van der Waals surface area contributed by atoms with Gasteiger partial charge in [-0.15, -0.1) is 0 Å². The van der Waals surface area contributed by atoms with E-state index >= 15 is 0 Å². The second-order valence-electron chi connectivity index (χ2n) is 9.55. The van der Waals surface area contributed by atoms with Gasteiger partial charge >= 0.3 is 0 Å². The molecule has 3 aliphatic rings. The molecule has 3 aromatic rings. The van der Waals surface area contributed by atoms with E-state index in [1.165, 1.54) is 18.4 Å². The van der Waals surface area contributed by atoms with Gasteiger partial charge in [0.25, 0.3) is 0 Å². The lowest BCUT2D eigenvalue weighted by Crippen LogP contribution is -2.56. The lowest BCUT2D eigenvalue weighted by molar-refractivity contribution is -0.00211. The van der Waals surface area contributed by atoms with Crippen LogP contribution in [-0.2, 0) is 4.74 Å². The predicted octanol–water partition coefficient (Wildman–Crippen LogP) is 3.54. The molecule has 31 heavy (non-hydrogen) atoms. The van der Waals surface area contributed by atoms with Gasteiger partial charge in [-0.3, -0.25) is 9.58 Å². The Morgan fingerprint density at radius 2 is 1.94 bits per heavy atom. The number of ether oxygens (including phenoxy) is 1. The maximum absolute atomic E-state index is 10.4. The number of aliphatic hydroxyl groups excluding tert-OH is 1. The Kier molecular flexibility index (Phi) is 4.65. The van der Waals surface area contributed by atoms with Crippen LogP contribution in [0.15, 0.2) is 30.7 Å². The molecule has 4 heterocycles. The standard InChI is InChI=1S/C23H28ClN5O2/c1-23(14-31-13-22(23)30)27-6-4-15(5-7-27)19-9-21-16(8-20(19)24)10-26-29(21)18-11-25-28(12-18)17-2-3-17/h8-12,15,17,22,30H,2-7,13-14H2,1H3/t22-,23-/m0/s1. The summed E-state index contributed by atoms with van der Waals surface area (Å²) in [5.74, 6) is 0.397. The first kappa shape index (κ1) is 19.7. The minimum atomic E-state index is -0.421. The van der Waals surface area contributed by atoms with Crippen LogP contribution < -0.4 is 0 Å². The third-order valence-electron chi connectivity index (χ3n) is 7.48. The van der Waals surface area contributed by atoms with Gasteiger partial charge in [-0.2, -0.15) is 10.2 Å². The Balaban J connectivity index is 1.26. The van der Waals surface area contributed by atoms with E-state index in [0.717, 1.165) is 47.5 Å². The van der Waals surface area contributed by atoms with Crippen molar-refractivity contribution in [2.24, 2.45) is 0 Å². The van der Waals surface area contributed by atoms with Crippen LogP contribution in [0, 0.1) is 0 Å². The summed E-state index contributed by atoms with van der Waals surface area (Å²) in [6, 6.07) is 4.81. The second kappa shape index (κ2) is 7.30. The molecule has 0 unspecified atom stereocenters. The molecule has 7 nitrogen and oxygen atoms in total. The molecule has 164 valence electrons. The topological polar surface area (TPSA) is 68.3 Å². The van der Waals surface area contributed by atoms with E-state index in [4.69, 9.17) is 16.3 Å². The van der Waals surface area contributed by atoms with Crippen molar-refractivity contribution in [2.75, 3.05) is 26.3 Å². The number of piperidine rings is 1. The average Bonchev–Trinajstić information content (AvgIpc) is 3.20. The van der Waals surface area contributed by atoms with Gasteiger partial charge in [-0.05, 0) is 69.3 Å². The summed E-state index contributed by atoms with van der Waals surface area (Å²) in [4.78, 5) is 2.39. The van der Waals surface area contributed by atoms with Crippen LogP contribution in [0.3, 0.4) is 0 Å². The number of hydrogen-bond donors (Lipinski definition) is 1. The number of fused-ring (bicyclic) bond motifs is 1. The van der Waals surface area contributed by atoms with Gasteiger partial charge in [0.15, 0.2) is 0 Å². The molecule has 1 saturated carbocycles. The molecule has 6 rings (SSSR count).